The fraction of sp³-hybridized carbons (Fsp3) is 0.952. The van der Waals surface area contributed by atoms with E-state index in [9.17, 15) is 4.79 Å². The molecular weight excluding hydrogens is 496 g/mol. The minimum absolute atomic E-state index is 0. The minimum atomic E-state index is -5.39. The topological polar surface area (TPSA) is 184 Å². The van der Waals surface area contributed by atoms with E-state index in [0.717, 1.165) is 12.8 Å². The first-order chi connectivity index (χ1) is 14.6. The summed E-state index contributed by atoms with van der Waals surface area (Å²) in [6, 6.07) is 0. The molecule has 0 saturated carbocycles. The molecule has 0 radical (unpaired) electrons. The Morgan fingerprint density at radius 3 is 1.09 bits per heavy atom. The molecule has 34 heavy (non-hydrogen) atoms. The van der Waals surface area contributed by atoms with E-state index in [1.807, 2.05) is 0 Å². The van der Waals surface area contributed by atoms with Gasteiger partial charge in [0, 0.05) is 6.42 Å². The molecule has 0 atom stereocenters. The summed E-state index contributed by atoms with van der Waals surface area (Å²) in [6.45, 7) is 1.54. The summed E-state index contributed by atoms with van der Waals surface area (Å²) in [5, 5.41) is 32.5. The first-order valence-corrected chi connectivity index (χ1v) is 12.9. The van der Waals surface area contributed by atoms with Crippen molar-refractivity contribution in [3.63, 3.8) is 0 Å². The Morgan fingerprint density at radius 2 is 0.912 bits per heavy atom. The molecule has 0 heterocycles. The molecule has 0 aromatic heterocycles. The normalized spacial score (nSPS) is 9.88. The van der Waals surface area contributed by atoms with Crippen molar-refractivity contribution in [1.29, 1.82) is 0 Å². The van der Waals surface area contributed by atoms with Crippen molar-refractivity contribution in [3.8, 4) is 0 Å². The third kappa shape index (κ3) is 70.1. The molecule has 0 aliphatic heterocycles. The van der Waals surface area contributed by atoms with Crippen LogP contribution in [0.5, 0.6) is 0 Å². The predicted octanol–water partition coefficient (Wildman–Crippen LogP) is -7.15. The number of carboxylic acid groups (broad SMARTS) is 1. The molecule has 0 aromatic carbocycles. The Balaban J connectivity index is -0.000000117. The summed E-state index contributed by atoms with van der Waals surface area (Å²) >= 11 is 0. The van der Waals surface area contributed by atoms with Gasteiger partial charge in [-0.05, 0) is 6.42 Å². The van der Waals surface area contributed by atoms with Crippen LogP contribution in [0.15, 0.2) is 0 Å². The molecular formula is C21H44Na3O9P. The summed E-state index contributed by atoms with van der Waals surface area (Å²) in [5.74, 6) is -0.653. The number of rotatable bonds is 18. The smallest absolute Gasteiger partial charge is 0.822 e. The van der Waals surface area contributed by atoms with Crippen LogP contribution in [-0.2, 0) is 9.36 Å². The van der Waals surface area contributed by atoms with Crippen LogP contribution in [-0.4, -0.2) is 45.7 Å². The number of unbranched alkanes of at least 4 members (excludes halogenated alkanes) is 14. The van der Waals surface area contributed by atoms with Crippen molar-refractivity contribution in [2.75, 3.05) is 13.2 Å². The Kier molecular flexibility index (Phi) is 58.1. The Labute approximate surface area is 273 Å². The largest absolute Gasteiger partial charge is 1.00 e. The van der Waals surface area contributed by atoms with Gasteiger partial charge in [-0.25, -0.2) is 0 Å². The van der Waals surface area contributed by atoms with Crippen LogP contribution in [0, 0.1) is 0 Å². The minimum Gasteiger partial charge on any atom is -0.822 e. The molecule has 0 aliphatic rings. The third-order valence-electron chi connectivity index (χ3n) is 4.42. The first kappa shape index (κ1) is 49.4. The van der Waals surface area contributed by atoms with Crippen LogP contribution < -0.4 is 103 Å². The predicted molar refractivity (Wildman–Crippen MR) is 115 cm³/mol. The van der Waals surface area contributed by atoms with Gasteiger partial charge in [-0.3, -0.25) is 4.79 Å². The van der Waals surface area contributed by atoms with E-state index in [4.69, 9.17) is 39.7 Å². The van der Waals surface area contributed by atoms with E-state index < -0.39 is 19.9 Å². The van der Waals surface area contributed by atoms with Crippen molar-refractivity contribution in [3.05, 3.63) is 0 Å². The van der Waals surface area contributed by atoms with Crippen molar-refractivity contribution < 1.29 is 133 Å². The molecule has 190 valence electrons. The van der Waals surface area contributed by atoms with Crippen molar-refractivity contribution in [1.82, 2.24) is 0 Å². The number of aliphatic hydroxyl groups excluding tert-OH is 3. The zero-order valence-corrected chi connectivity index (χ0v) is 29.0. The second-order valence-electron chi connectivity index (χ2n) is 7.56. The fourth-order valence-electron chi connectivity index (χ4n) is 2.71. The van der Waals surface area contributed by atoms with Gasteiger partial charge in [-0.15, -0.1) is 0 Å². The van der Waals surface area contributed by atoms with Gasteiger partial charge in [0.1, 0.15) is 6.10 Å². The zero-order valence-electron chi connectivity index (χ0n) is 22.1. The average Bonchev–Trinajstić information content (AvgIpc) is 2.69. The number of hydrogen-bond acceptors (Lipinski definition) is 8. The maximum Gasteiger partial charge on any atom is 1.00 e. The number of aliphatic carboxylic acids is 1. The molecule has 0 rings (SSSR count). The molecule has 13 heteroatoms. The molecule has 0 fully saturated rings. The summed E-state index contributed by atoms with van der Waals surface area (Å²) in [5.41, 5.74) is 0. The molecule has 4 N–H and O–H groups in total. The van der Waals surface area contributed by atoms with Crippen molar-refractivity contribution in [2.45, 2.75) is 116 Å². The van der Waals surface area contributed by atoms with Crippen molar-refractivity contribution >= 4 is 13.8 Å². The maximum absolute atomic E-state index is 10.3. The number of phosphoric acid groups is 1. The molecule has 0 spiro atoms. The van der Waals surface area contributed by atoms with Crippen LogP contribution in [0.4, 0.5) is 0 Å². The summed E-state index contributed by atoms with van der Waals surface area (Å²) < 4.78 is 8.55. The molecule has 0 unspecified atom stereocenters. The maximum atomic E-state index is 10.3. The van der Waals surface area contributed by atoms with Gasteiger partial charge in [0.25, 0.3) is 0 Å². The van der Waals surface area contributed by atoms with Gasteiger partial charge in [-0.1, -0.05) is 96.8 Å². The van der Waals surface area contributed by atoms with Gasteiger partial charge in [0.15, 0.2) is 0 Å². The van der Waals surface area contributed by atoms with Gasteiger partial charge in [-0.2, -0.15) is 7.82 Å². The van der Waals surface area contributed by atoms with Crippen LogP contribution in [0.1, 0.15) is 110 Å². The number of aliphatic hydroxyl groups is 3. The fourth-order valence-corrected chi connectivity index (χ4v) is 2.71. The number of carbonyl (C=O) groups is 1. The van der Waals surface area contributed by atoms with E-state index >= 15 is 0 Å². The quantitative estimate of drug-likeness (QED) is 0.0745. The molecule has 0 saturated heterocycles. The van der Waals surface area contributed by atoms with Crippen LogP contribution in [0.25, 0.3) is 0 Å². The van der Waals surface area contributed by atoms with Gasteiger partial charge >= 0.3 is 94.6 Å². The third-order valence-corrected chi connectivity index (χ3v) is 4.42. The molecule has 9 nitrogen and oxygen atoms in total. The van der Waals surface area contributed by atoms with Gasteiger partial charge in [0.2, 0.25) is 0 Å². The summed E-state index contributed by atoms with van der Waals surface area (Å²) in [4.78, 5) is 36.0. The van der Waals surface area contributed by atoms with Crippen LogP contribution >= 0.6 is 7.82 Å². The second-order valence-corrected chi connectivity index (χ2v) is 8.45. The van der Waals surface area contributed by atoms with Gasteiger partial charge < -0.3 is 39.7 Å². The van der Waals surface area contributed by atoms with E-state index in [1.54, 1.807) is 0 Å². The van der Waals surface area contributed by atoms with E-state index in [0.29, 0.717) is 6.42 Å². The molecule has 0 bridgehead atoms. The molecule has 0 amide bonds. The van der Waals surface area contributed by atoms with E-state index in [2.05, 4.69) is 6.92 Å². The van der Waals surface area contributed by atoms with E-state index in [-0.39, 0.29) is 102 Å². The van der Waals surface area contributed by atoms with Crippen molar-refractivity contribution in [2.24, 2.45) is 0 Å². The summed E-state index contributed by atoms with van der Waals surface area (Å²) in [6.07, 6.45) is 19.2. The number of carboxylic acids is 1. The van der Waals surface area contributed by atoms with Crippen LogP contribution in [0.3, 0.4) is 0 Å². The number of hydrogen-bond donors (Lipinski definition) is 4. The first-order valence-electron chi connectivity index (χ1n) is 11.4. The Hall–Kier alpha value is 2.46. The molecule has 0 aromatic rings. The SMILES string of the molecule is CCCCCCCCCCCCCCCCCC(=O)O.O=P([O-])([O-])[O-].OCC(O)CO.[Na+].[Na+].[Na+]. The van der Waals surface area contributed by atoms with Crippen LogP contribution in [0.2, 0.25) is 0 Å². The Bertz CT molecular complexity index is 405. The zero-order chi connectivity index (χ0) is 24.4. The summed E-state index contributed by atoms with van der Waals surface area (Å²) in [7, 11) is -5.39. The average molecular weight is 541 g/mol. The van der Waals surface area contributed by atoms with E-state index in [1.165, 1.54) is 83.5 Å². The molecule has 0 aliphatic carbocycles. The second kappa shape index (κ2) is 40.0. The van der Waals surface area contributed by atoms with Gasteiger partial charge in [0.05, 0.1) is 13.2 Å². The monoisotopic (exact) mass is 540 g/mol. The standard InChI is InChI=1S/C18H36O2.C3H8O3.3Na.H3O4P/c1-2-3-4-5-6-7-8-9-10-11-12-13-14-15-16-17-18(19)20;4-1-3(6)2-5;;;;1-5(2,3)4/h2-17H2,1H3,(H,19,20);3-6H,1-2H2;;;;(H3,1,2,3,4)/q;;3*+1;/p-3. The Morgan fingerprint density at radius 1 is 0.676 bits per heavy atom.